The Kier molecular flexibility index (Phi) is 4.67. The minimum atomic E-state index is -0.549. The average Bonchev–Trinajstić information content (AvgIpc) is 3.42. The van der Waals surface area contributed by atoms with Gasteiger partial charge in [0, 0.05) is 15.3 Å². The molecule has 0 aromatic carbocycles. The van der Waals surface area contributed by atoms with Gasteiger partial charge in [0.25, 0.3) is 5.56 Å². The first-order valence-electron chi connectivity index (χ1n) is 8.34. The van der Waals surface area contributed by atoms with Crippen molar-refractivity contribution in [1.82, 2.24) is 9.55 Å². The Morgan fingerprint density at radius 3 is 2.89 bits per heavy atom. The second-order valence-electron chi connectivity index (χ2n) is 5.85. The SMILES string of the molecule is CCc1sc2ncn(Cc3ccc(C(=O)OC)o3)c(=O)c2c1-c1cccs1. The highest BCUT2D eigenvalue weighted by molar-refractivity contribution is 7.20. The summed E-state index contributed by atoms with van der Waals surface area (Å²) in [5, 5.41) is 2.64. The first kappa shape index (κ1) is 17.7. The lowest BCUT2D eigenvalue weighted by molar-refractivity contribution is 0.0563. The number of aromatic nitrogens is 2. The number of carbonyl (C=O) groups excluding carboxylic acids is 1. The van der Waals surface area contributed by atoms with Crippen LogP contribution in [-0.4, -0.2) is 22.6 Å². The summed E-state index contributed by atoms with van der Waals surface area (Å²) < 4.78 is 11.6. The molecular weight excluding hydrogens is 384 g/mol. The van der Waals surface area contributed by atoms with Gasteiger partial charge in [0.05, 0.1) is 25.4 Å². The predicted octanol–water partition coefficient (Wildman–Crippen LogP) is 4.18. The fraction of sp³-hybridized carbons (Fsp3) is 0.211. The Hall–Kier alpha value is -2.71. The molecule has 0 saturated heterocycles. The number of rotatable bonds is 5. The number of methoxy groups -OCH3 is 1. The number of hydrogen-bond donors (Lipinski definition) is 0. The van der Waals surface area contributed by atoms with E-state index < -0.39 is 5.97 Å². The van der Waals surface area contributed by atoms with Gasteiger partial charge >= 0.3 is 5.97 Å². The van der Waals surface area contributed by atoms with Crippen LogP contribution in [0.5, 0.6) is 0 Å². The Labute approximate surface area is 162 Å². The van der Waals surface area contributed by atoms with Crippen LogP contribution in [-0.2, 0) is 17.7 Å². The molecule has 0 radical (unpaired) electrons. The van der Waals surface area contributed by atoms with E-state index >= 15 is 0 Å². The fourth-order valence-corrected chi connectivity index (χ4v) is 4.91. The summed E-state index contributed by atoms with van der Waals surface area (Å²) in [6.07, 6.45) is 2.37. The maximum atomic E-state index is 13.2. The van der Waals surface area contributed by atoms with Crippen molar-refractivity contribution in [3.05, 3.63) is 62.7 Å². The van der Waals surface area contributed by atoms with Crippen molar-refractivity contribution >= 4 is 38.9 Å². The number of nitrogens with zero attached hydrogens (tertiary/aromatic N) is 2. The molecule has 138 valence electrons. The lowest BCUT2D eigenvalue weighted by Gasteiger charge is -2.04. The zero-order valence-electron chi connectivity index (χ0n) is 14.7. The minimum Gasteiger partial charge on any atom is -0.463 e. The number of ether oxygens (including phenoxy) is 1. The molecule has 4 rings (SSSR count). The highest BCUT2D eigenvalue weighted by Crippen LogP contribution is 2.38. The maximum absolute atomic E-state index is 13.2. The normalized spacial score (nSPS) is 11.2. The summed E-state index contributed by atoms with van der Waals surface area (Å²) in [4.78, 5) is 32.2. The van der Waals surface area contributed by atoms with Crippen LogP contribution in [0.4, 0.5) is 0 Å². The molecule has 0 bridgehead atoms. The van der Waals surface area contributed by atoms with E-state index in [-0.39, 0.29) is 17.9 Å². The fourth-order valence-electron chi connectivity index (χ4n) is 2.96. The standard InChI is InChI=1S/C19H16N2O4S2/c1-3-13-15(14-5-4-8-26-14)16-17(27-13)20-10-21(18(16)22)9-11-6-7-12(25-11)19(23)24-2/h4-8,10H,3,9H2,1-2H3. The number of aryl methyl sites for hydroxylation is 1. The number of carbonyl (C=O) groups is 1. The van der Waals surface area contributed by atoms with E-state index in [0.29, 0.717) is 11.1 Å². The van der Waals surface area contributed by atoms with Crippen molar-refractivity contribution in [2.24, 2.45) is 0 Å². The lowest BCUT2D eigenvalue weighted by Crippen LogP contribution is -2.20. The molecule has 6 nitrogen and oxygen atoms in total. The van der Waals surface area contributed by atoms with Crippen molar-refractivity contribution in [2.45, 2.75) is 19.9 Å². The molecule has 0 unspecified atom stereocenters. The van der Waals surface area contributed by atoms with E-state index in [1.165, 1.54) is 24.1 Å². The molecule has 8 heteroatoms. The second kappa shape index (κ2) is 7.13. The van der Waals surface area contributed by atoms with Crippen LogP contribution >= 0.6 is 22.7 Å². The van der Waals surface area contributed by atoms with E-state index in [0.717, 1.165) is 26.6 Å². The van der Waals surface area contributed by atoms with Gasteiger partial charge in [-0.2, -0.15) is 0 Å². The van der Waals surface area contributed by atoms with Gasteiger partial charge in [-0.15, -0.1) is 22.7 Å². The van der Waals surface area contributed by atoms with Crippen LogP contribution in [0.25, 0.3) is 20.7 Å². The number of fused-ring (bicyclic) bond motifs is 1. The largest absolute Gasteiger partial charge is 0.463 e. The molecule has 27 heavy (non-hydrogen) atoms. The van der Waals surface area contributed by atoms with Crippen LogP contribution < -0.4 is 5.56 Å². The number of hydrogen-bond acceptors (Lipinski definition) is 7. The summed E-state index contributed by atoms with van der Waals surface area (Å²) in [6.45, 7) is 2.28. The molecule has 0 aliphatic rings. The zero-order chi connectivity index (χ0) is 19.0. The summed E-state index contributed by atoms with van der Waals surface area (Å²) in [7, 11) is 1.29. The number of esters is 1. The topological polar surface area (TPSA) is 74.3 Å². The second-order valence-corrected chi connectivity index (χ2v) is 7.88. The van der Waals surface area contributed by atoms with Gasteiger partial charge in [0.15, 0.2) is 0 Å². The molecule has 4 aromatic rings. The highest BCUT2D eigenvalue weighted by atomic mass is 32.1. The highest BCUT2D eigenvalue weighted by Gasteiger charge is 2.19. The van der Waals surface area contributed by atoms with Crippen LogP contribution in [0.3, 0.4) is 0 Å². The molecule has 0 N–H and O–H groups in total. The van der Waals surface area contributed by atoms with Crippen molar-refractivity contribution in [1.29, 1.82) is 0 Å². The van der Waals surface area contributed by atoms with Crippen molar-refractivity contribution in [2.75, 3.05) is 7.11 Å². The van der Waals surface area contributed by atoms with E-state index in [2.05, 4.69) is 16.6 Å². The summed E-state index contributed by atoms with van der Waals surface area (Å²) >= 11 is 3.17. The Balaban J connectivity index is 1.80. The Bertz CT molecular complexity index is 1170. The molecule has 0 aliphatic heterocycles. The third kappa shape index (κ3) is 3.11. The van der Waals surface area contributed by atoms with Gasteiger partial charge in [-0.1, -0.05) is 13.0 Å². The molecule has 4 aromatic heterocycles. The van der Waals surface area contributed by atoms with E-state index in [9.17, 15) is 9.59 Å². The molecular formula is C19H16N2O4S2. The van der Waals surface area contributed by atoms with E-state index in [1.807, 2.05) is 17.5 Å². The quantitative estimate of drug-likeness (QED) is 0.470. The van der Waals surface area contributed by atoms with Crippen molar-refractivity contribution in [3.8, 4) is 10.4 Å². The molecule has 0 atom stereocenters. The molecule has 0 spiro atoms. The minimum absolute atomic E-state index is 0.109. The molecule has 0 fully saturated rings. The smallest absolute Gasteiger partial charge is 0.373 e. The Morgan fingerprint density at radius 2 is 2.19 bits per heavy atom. The third-order valence-electron chi connectivity index (χ3n) is 4.21. The predicted molar refractivity (Wildman–Crippen MR) is 106 cm³/mol. The molecule has 4 heterocycles. The van der Waals surface area contributed by atoms with Gasteiger partial charge in [0.1, 0.15) is 10.6 Å². The summed E-state index contributed by atoms with van der Waals surface area (Å²) in [5.41, 5.74) is 0.865. The monoisotopic (exact) mass is 400 g/mol. The van der Waals surface area contributed by atoms with Crippen LogP contribution in [0.2, 0.25) is 0 Å². The average molecular weight is 400 g/mol. The van der Waals surface area contributed by atoms with Gasteiger partial charge in [-0.05, 0) is 30.0 Å². The van der Waals surface area contributed by atoms with E-state index in [4.69, 9.17) is 4.42 Å². The van der Waals surface area contributed by atoms with Crippen molar-refractivity contribution in [3.63, 3.8) is 0 Å². The maximum Gasteiger partial charge on any atom is 0.373 e. The van der Waals surface area contributed by atoms with Crippen LogP contribution in [0, 0.1) is 0 Å². The van der Waals surface area contributed by atoms with Gasteiger partial charge in [0.2, 0.25) is 5.76 Å². The summed E-state index contributed by atoms with van der Waals surface area (Å²) in [5.74, 6) is 0.0486. The van der Waals surface area contributed by atoms with Gasteiger partial charge in [-0.3, -0.25) is 9.36 Å². The Morgan fingerprint density at radius 1 is 1.33 bits per heavy atom. The summed E-state index contributed by atoms with van der Waals surface area (Å²) in [6, 6.07) is 7.20. The van der Waals surface area contributed by atoms with Crippen LogP contribution in [0.15, 0.2) is 45.2 Å². The number of thiophene rings is 2. The van der Waals surface area contributed by atoms with Gasteiger partial charge in [-0.25, -0.2) is 9.78 Å². The molecule has 0 saturated carbocycles. The van der Waals surface area contributed by atoms with E-state index in [1.54, 1.807) is 28.7 Å². The number of furan rings is 1. The lowest BCUT2D eigenvalue weighted by atomic mass is 10.1. The van der Waals surface area contributed by atoms with Crippen molar-refractivity contribution < 1.29 is 13.9 Å². The first-order valence-corrected chi connectivity index (χ1v) is 10.0. The van der Waals surface area contributed by atoms with Gasteiger partial charge < -0.3 is 9.15 Å². The molecule has 0 aliphatic carbocycles. The first-order chi connectivity index (χ1) is 13.1. The molecule has 0 amide bonds. The van der Waals surface area contributed by atoms with Crippen LogP contribution in [0.1, 0.15) is 28.1 Å². The third-order valence-corrected chi connectivity index (χ3v) is 6.34. The zero-order valence-corrected chi connectivity index (χ0v) is 16.4.